The standard InChI is InChI=1S/C25H17F2N3O4/c26-18-11-17(16-9-5-2-6-10-16)23(34-14-15-7-3-1-4-8-15)21(27)22(18)30-24(31)19-12-28-13-20(29-19)25(32)33/h1-13H,14H2,(H,30,31)(H,32,33). The maximum Gasteiger partial charge on any atom is 0.356 e. The van der Waals surface area contributed by atoms with Crippen LogP contribution in [0.15, 0.2) is 79.1 Å². The van der Waals surface area contributed by atoms with Crippen molar-refractivity contribution in [3.8, 4) is 16.9 Å². The summed E-state index contributed by atoms with van der Waals surface area (Å²) in [5.41, 5.74) is -0.220. The molecule has 4 rings (SSSR count). The number of halogens is 2. The molecule has 4 aromatic rings. The van der Waals surface area contributed by atoms with Gasteiger partial charge in [-0.25, -0.2) is 18.6 Å². The summed E-state index contributed by atoms with van der Waals surface area (Å²) in [6, 6.07) is 18.6. The first-order valence-corrected chi connectivity index (χ1v) is 10.0. The second-order valence-electron chi connectivity index (χ2n) is 7.11. The summed E-state index contributed by atoms with van der Waals surface area (Å²) in [6.45, 7) is 0.00272. The molecule has 0 bridgehead atoms. The van der Waals surface area contributed by atoms with E-state index in [1.54, 1.807) is 54.6 Å². The van der Waals surface area contributed by atoms with Gasteiger partial charge in [0.2, 0.25) is 0 Å². The van der Waals surface area contributed by atoms with Gasteiger partial charge in [0.1, 0.15) is 18.0 Å². The number of carboxylic acids is 1. The molecule has 1 heterocycles. The molecule has 0 fully saturated rings. The number of carboxylic acid groups (broad SMARTS) is 1. The molecule has 1 amide bonds. The zero-order chi connectivity index (χ0) is 24.1. The number of anilines is 1. The summed E-state index contributed by atoms with van der Waals surface area (Å²) < 4.78 is 36.3. The summed E-state index contributed by atoms with van der Waals surface area (Å²) in [5.74, 6) is -4.85. The highest BCUT2D eigenvalue weighted by molar-refractivity contribution is 6.03. The Balaban J connectivity index is 1.72. The fourth-order valence-corrected chi connectivity index (χ4v) is 3.17. The summed E-state index contributed by atoms with van der Waals surface area (Å²) in [5, 5.41) is 11.1. The van der Waals surface area contributed by atoms with E-state index in [1.165, 1.54) is 0 Å². The van der Waals surface area contributed by atoms with Gasteiger partial charge in [-0.05, 0) is 17.2 Å². The number of nitrogens with one attached hydrogen (secondary N) is 1. The lowest BCUT2D eigenvalue weighted by Gasteiger charge is -2.17. The number of amides is 1. The Hall–Kier alpha value is -4.66. The minimum Gasteiger partial charge on any atom is -0.485 e. The number of aromatic carboxylic acids is 1. The van der Waals surface area contributed by atoms with Crippen molar-refractivity contribution in [1.29, 1.82) is 0 Å². The van der Waals surface area contributed by atoms with E-state index in [2.05, 4.69) is 15.3 Å². The second kappa shape index (κ2) is 9.86. The maximum absolute atomic E-state index is 15.6. The molecule has 3 aromatic carbocycles. The van der Waals surface area contributed by atoms with Crippen molar-refractivity contribution in [1.82, 2.24) is 9.97 Å². The Morgan fingerprint density at radius 1 is 0.941 bits per heavy atom. The van der Waals surface area contributed by atoms with Crippen LogP contribution in [0.1, 0.15) is 26.5 Å². The van der Waals surface area contributed by atoms with Crippen molar-refractivity contribution < 1.29 is 28.2 Å². The van der Waals surface area contributed by atoms with E-state index < -0.39 is 40.6 Å². The van der Waals surface area contributed by atoms with Crippen LogP contribution in [0.3, 0.4) is 0 Å². The molecule has 0 radical (unpaired) electrons. The average molecular weight is 461 g/mol. The number of benzene rings is 3. The van der Waals surface area contributed by atoms with Crippen molar-refractivity contribution in [2.24, 2.45) is 0 Å². The largest absolute Gasteiger partial charge is 0.485 e. The van der Waals surface area contributed by atoms with E-state index in [0.717, 1.165) is 24.0 Å². The van der Waals surface area contributed by atoms with E-state index in [-0.39, 0.29) is 17.9 Å². The van der Waals surface area contributed by atoms with Crippen LogP contribution >= 0.6 is 0 Å². The average Bonchev–Trinajstić information content (AvgIpc) is 2.86. The summed E-state index contributed by atoms with van der Waals surface area (Å²) in [4.78, 5) is 30.9. The second-order valence-corrected chi connectivity index (χ2v) is 7.11. The lowest BCUT2D eigenvalue weighted by molar-refractivity contribution is 0.0690. The van der Waals surface area contributed by atoms with E-state index in [1.807, 2.05) is 6.07 Å². The van der Waals surface area contributed by atoms with Gasteiger partial charge in [-0.3, -0.25) is 9.78 Å². The molecule has 2 N–H and O–H groups in total. The van der Waals surface area contributed by atoms with E-state index in [9.17, 15) is 14.0 Å². The zero-order valence-corrected chi connectivity index (χ0v) is 17.5. The number of rotatable bonds is 7. The molecular formula is C25H17F2N3O4. The van der Waals surface area contributed by atoms with Crippen molar-refractivity contribution in [2.75, 3.05) is 5.32 Å². The highest BCUT2D eigenvalue weighted by Gasteiger charge is 2.24. The number of aromatic nitrogens is 2. The Kier molecular flexibility index (Phi) is 6.54. The minimum absolute atomic E-state index is 0.00272. The molecule has 34 heavy (non-hydrogen) atoms. The van der Waals surface area contributed by atoms with Crippen LogP contribution < -0.4 is 10.1 Å². The summed E-state index contributed by atoms with van der Waals surface area (Å²) >= 11 is 0. The summed E-state index contributed by atoms with van der Waals surface area (Å²) in [7, 11) is 0. The monoisotopic (exact) mass is 461 g/mol. The highest BCUT2D eigenvalue weighted by atomic mass is 19.1. The first-order valence-electron chi connectivity index (χ1n) is 10.0. The van der Waals surface area contributed by atoms with E-state index in [0.29, 0.717) is 5.56 Å². The number of hydrogen-bond donors (Lipinski definition) is 2. The van der Waals surface area contributed by atoms with Gasteiger partial charge in [-0.1, -0.05) is 60.7 Å². The van der Waals surface area contributed by atoms with Gasteiger partial charge >= 0.3 is 5.97 Å². The molecule has 0 atom stereocenters. The number of ether oxygens (including phenoxy) is 1. The maximum atomic E-state index is 15.6. The highest BCUT2D eigenvalue weighted by Crippen LogP contribution is 2.38. The number of nitrogens with zero attached hydrogens (tertiary/aromatic N) is 2. The van der Waals surface area contributed by atoms with Gasteiger partial charge in [0.15, 0.2) is 23.1 Å². The predicted molar refractivity (Wildman–Crippen MR) is 120 cm³/mol. The smallest absolute Gasteiger partial charge is 0.356 e. The molecule has 0 spiro atoms. The Bertz CT molecular complexity index is 1350. The van der Waals surface area contributed by atoms with Gasteiger partial charge in [0.05, 0.1) is 12.4 Å². The molecular weight excluding hydrogens is 444 g/mol. The van der Waals surface area contributed by atoms with Gasteiger partial charge in [-0.15, -0.1) is 0 Å². The number of hydrogen-bond acceptors (Lipinski definition) is 5. The van der Waals surface area contributed by atoms with Gasteiger partial charge in [0.25, 0.3) is 5.91 Å². The van der Waals surface area contributed by atoms with E-state index >= 15 is 4.39 Å². The molecule has 1 aromatic heterocycles. The predicted octanol–water partition coefficient (Wildman–Crippen LogP) is 4.95. The molecule has 7 nitrogen and oxygen atoms in total. The third-order valence-corrected chi connectivity index (χ3v) is 4.81. The molecule has 0 unspecified atom stereocenters. The van der Waals surface area contributed by atoms with E-state index in [4.69, 9.17) is 9.84 Å². The van der Waals surface area contributed by atoms with Crippen molar-refractivity contribution in [3.63, 3.8) is 0 Å². The fourth-order valence-electron chi connectivity index (χ4n) is 3.17. The van der Waals surface area contributed by atoms with Crippen LogP contribution in [0.4, 0.5) is 14.5 Å². The molecule has 0 aliphatic carbocycles. The molecule has 0 saturated carbocycles. The normalized spacial score (nSPS) is 10.5. The quantitative estimate of drug-likeness (QED) is 0.404. The van der Waals surface area contributed by atoms with Gasteiger partial charge < -0.3 is 15.2 Å². The Morgan fingerprint density at radius 2 is 1.59 bits per heavy atom. The van der Waals surface area contributed by atoms with Crippen LogP contribution in [0, 0.1) is 11.6 Å². The van der Waals surface area contributed by atoms with Crippen molar-refractivity contribution in [3.05, 3.63) is 108 Å². The lowest BCUT2D eigenvalue weighted by atomic mass is 10.0. The van der Waals surface area contributed by atoms with Crippen LogP contribution in [-0.2, 0) is 6.61 Å². The number of carbonyl (C=O) groups excluding carboxylic acids is 1. The Labute approximate surface area is 192 Å². The molecule has 0 aliphatic rings. The molecule has 170 valence electrons. The first kappa shape index (κ1) is 22.5. The number of carbonyl (C=O) groups is 2. The molecule has 9 heteroatoms. The minimum atomic E-state index is -1.40. The molecule has 0 aliphatic heterocycles. The molecule has 0 saturated heterocycles. The van der Waals surface area contributed by atoms with Crippen molar-refractivity contribution >= 4 is 17.6 Å². The van der Waals surface area contributed by atoms with Gasteiger partial charge in [-0.2, -0.15) is 0 Å². The first-order chi connectivity index (χ1) is 16.4. The fraction of sp³-hybridized carbons (Fsp3) is 0.0400. The van der Waals surface area contributed by atoms with Crippen molar-refractivity contribution in [2.45, 2.75) is 6.61 Å². The third kappa shape index (κ3) is 4.88. The third-order valence-electron chi connectivity index (χ3n) is 4.81. The summed E-state index contributed by atoms with van der Waals surface area (Å²) in [6.07, 6.45) is 1.94. The van der Waals surface area contributed by atoms with Crippen LogP contribution in [0.25, 0.3) is 11.1 Å². The SMILES string of the molecule is O=C(O)c1cncc(C(=O)Nc2c(F)cc(-c3ccccc3)c(OCc3ccccc3)c2F)n1. The lowest BCUT2D eigenvalue weighted by Crippen LogP contribution is -2.18. The van der Waals surface area contributed by atoms with Gasteiger partial charge in [0, 0.05) is 5.56 Å². The Morgan fingerprint density at radius 3 is 2.26 bits per heavy atom. The van der Waals surface area contributed by atoms with Crippen LogP contribution in [0.5, 0.6) is 5.75 Å². The zero-order valence-electron chi connectivity index (χ0n) is 17.5. The van der Waals surface area contributed by atoms with Crippen LogP contribution in [-0.4, -0.2) is 27.0 Å². The topological polar surface area (TPSA) is 101 Å². The van der Waals surface area contributed by atoms with Crippen LogP contribution in [0.2, 0.25) is 0 Å².